The number of hydrogen-bond donors (Lipinski definition) is 0. The van der Waals surface area contributed by atoms with Gasteiger partial charge in [-0.3, -0.25) is 8.42 Å². The van der Waals surface area contributed by atoms with Crippen molar-refractivity contribution in [1.82, 2.24) is 4.57 Å². The van der Waals surface area contributed by atoms with Crippen molar-refractivity contribution >= 4 is 43.4 Å². The maximum Gasteiger partial charge on any atom is 0.0504 e. The van der Waals surface area contributed by atoms with Crippen molar-refractivity contribution in [2.24, 2.45) is 0 Å². The van der Waals surface area contributed by atoms with Gasteiger partial charge in [-0.05, 0) is 52.9 Å². The Balaban J connectivity index is 1.75. The monoisotopic (exact) mass is 499 g/mol. The summed E-state index contributed by atoms with van der Waals surface area (Å²) < 4.78 is 27.2. The van der Waals surface area contributed by atoms with E-state index in [2.05, 4.69) is 60.0 Å². The predicted molar refractivity (Wildman–Crippen MR) is 150 cm³/mol. The number of benzene rings is 4. The topological polar surface area (TPSA) is 39.1 Å². The Bertz CT molecular complexity index is 1480. The number of hydrogen-bond acceptors (Lipinski definition) is 2. The molecule has 0 radical (unpaired) electrons. The van der Waals surface area contributed by atoms with E-state index in [0.717, 1.165) is 51.4 Å². The van der Waals surface area contributed by atoms with E-state index in [-0.39, 0.29) is 0 Å². The van der Waals surface area contributed by atoms with Gasteiger partial charge in [0.15, 0.2) is 0 Å². The molecule has 0 saturated heterocycles. The van der Waals surface area contributed by atoms with Gasteiger partial charge in [0.1, 0.15) is 0 Å². The SMILES string of the molecule is CCCCn1c2cc(-c3ccccc3S(C)=O)ccc2c2ccc(-c3ccccc3S(C)=O)cc21. The third kappa shape index (κ3) is 4.39. The molecule has 3 nitrogen and oxygen atoms in total. The molecule has 0 fully saturated rings. The molecular weight excluding hydrogens is 470 g/mol. The standard InChI is InChI=1S/C30H29NO2S2/c1-4-5-18-31-27-19-21(23-10-6-8-12-29(23)34(2)32)14-16-25(27)26-17-15-22(20-28(26)31)24-11-7-9-13-30(24)35(3)33/h6-17,19-20H,4-5,18H2,1-3H3. The van der Waals surface area contributed by atoms with Crippen LogP contribution in [0.2, 0.25) is 0 Å². The van der Waals surface area contributed by atoms with Crippen LogP contribution in [-0.2, 0) is 28.1 Å². The normalized spacial score (nSPS) is 13.3. The van der Waals surface area contributed by atoms with Gasteiger partial charge >= 0.3 is 0 Å². The van der Waals surface area contributed by atoms with Crippen LogP contribution in [-0.4, -0.2) is 25.5 Å². The van der Waals surface area contributed by atoms with E-state index in [4.69, 9.17) is 0 Å². The number of rotatable bonds is 7. The van der Waals surface area contributed by atoms with E-state index in [9.17, 15) is 8.42 Å². The van der Waals surface area contributed by atoms with Crippen molar-refractivity contribution in [3.8, 4) is 22.3 Å². The Hall–Kier alpha value is -3.02. The molecule has 5 aromatic rings. The molecule has 1 aromatic heterocycles. The third-order valence-electron chi connectivity index (χ3n) is 6.62. The average Bonchev–Trinajstić information content (AvgIpc) is 3.19. The number of fused-ring (bicyclic) bond motifs is 3. The fourth-order valence-corrected chi connectivity index (χ4v) is 6.43. The molecule has 2 unspecified atom stereocenters. The molecule has 178 valence electrons. The van der Waals surface area contributed by atoms with Crippen LogP contribution in [0.4, 0.5) is 0 Å². The van der Waals surface area contributed by atoms with Gasteiger partial charge in [-0.15, -0.1) is 0 Å². The van der Waals surface area contributed by atoms with E-state index in [1.165, 1.54) is 21.8 Å². The van der Waals surface area contributed by atoms with Gasteiger partial charge in [0, 0.05) is 50.7 Å². The largest absolute Gasteiger partial charge is 0.340 e. The molecule has 2 atom stereocenters. The van der Waals surface area contributed by atoms with E-state index >= 15 is 0 Å². The summed E-state index contributed by atoms with van der Waals surface area (Å²) >= 11 is 0. The molecule has 0 aliphatic heterocycles. The van der Waals surface area contributed by atoms with E-state index in [1.807, 2.05) is 36.4 Å². The van der Waals surface area contributed by atoms with Gasteiger partial charge in [0.2, 0.25) is 0 Å². The Morgan fingerprint density at radius 2 is 1.11 bits per heavy atom. The minimum absolute atomic E-state index is 0.856. The van der Waals surface area contributed by atoms with E-state index < -0.39 is 21.6 Å². The first-order valence-electron chi connectivity index (χ1n) is 11.9. The molecule has 4 aromatic carbocycles. The van der Waals surface area contributed by atoms with Crippen molar-refractivity contribution in [2.45, 2.75) is 36.1 Å². The lowest BCUT2D eigenvalue weighted by molar-refractivity contribution is 0.665. The highest BCUT2D eigenvalue weighted by atomic mass is 32.2. The van der Waals surface area contributed by atoms with E-state index in [1.54, 1.807) is 12.5 Å². The molecule has 1 heterocycles. The molecule has 0 saturated carbocycles. The van der Waals surface area contributed by atoms with Crippen LogP contribution in [0.5, 0.6) is 0 Å². The van der Waals surface area contributed by atoms with Crippen LogP contribution in [0.1, 0.15) is 19.8 Å². The molecule has 35 heavy (non-hydrogen) atoms. The summed E-state index contributed by atoms with van der Waals surface area (Å²) in [6, 6.07) is 29.0. The molecular formula is C30H29NO2S2. The molecule has 5 rings (SSSR count). The Kier molecular flexibility index (Phi) is 6.72. The number of unbranched alkanes of at least 4 members (excludes halogenated alkanes) is 1. The summed E-state index contributed by atoms with van der Waals surface area (Å²) in [5.41, 5.74) is 6.57. The van der Waals surface area contributed by atoms with Crippen LogP contribution in [0, 0.1) is 0 Å². The van der Waals surface area contributed by atoms with Crippen molar-refractivity contribution in [3.63, 3.8) is 0 Å². The van der Waals surface area contributed by atoms with Gasteiger partial charge in [-0.25, -0.2) is 0 Å². The first-order valence-corrected chi connectivity index (χ1v) is 15.0. The lowest BCUT2D eigenvalue weighted by atomic mass is 10.0. The summed E-state index contributed by atoms with van der Waals surface area (Å²) in [6.45, 7) is 3.14. The van der Waals surface area contributed by atoms with Crippen molar-refractivity contribution in [3.05, 3.63) is 84.9 Å². The minimum atomic E-state index is -1.06. The van der Waals surface area contributed by atoms with Crippen molar-refractivity contribution in [1.29, 1.82) is 0 Å². The van der Waals surface area contributed by atoms with Gasteiger partial charge in [-0.1, -0.05) is 74.0 Å². The predicted octanol–water partition coefficient (Wildman–Crippen LogP) is 7.40. The first kappa shape index (κ1) is 23.7. The summed E-state index contributed by atoms with van der Waals surface area (Å²) in [6.07, 6.45) is 5.66. The highest BCUT2D eigenvalue weighted by Gasteiger charge is 2.16. The van der Waals surface area contributed by atoms with Crippen molar-refractivity contribution in [2.75, 3.05) is 12.5 Å². The molecule has 0 aliphatic rings. The fourth-order valence-electron chi connectivity index (χ4n) is 4.90. The zero-order chi connectivity index (χ0) is 24.5. The summed E-state index contributed by atoms with van der Waals surface area (Å²) in [5.74, 6) is 0. The van der Waals surface area contributed by atoms with Gasteiger partial charge in [-0.2, -0.15) is 0 Å². The highest BCUT2D eigenvalue weighted by Crippen LogP contribution is 2.37. The first-order chi connectivity index (χ1) is 17.0. The second-order valence-corrected chi connectivity index (χ2v) is 11.6. The molecule has 0 amide bonds. The Morgan fingerprint density at radius 1 is 0.657 bits per heavy atom. The molecule has 0 bridgehead atoms. The van der Waals surface area contributed by atoms with E-state index in [0.29, 0.717) is 0 Å². The summed E-state index contributed by atoms with van der Waals surface area (Å²) in [7, 11) is -2.12. The summed E-state index contributed by atoms with van der Waals surface area (Å²) in [4.78, 5) is 1.71. The maximum absolute atomic E-state index is 12.4. The molecule has 5 heteroatoms. The second kappa shape index (κ2) is 9.92. The lowest BCUT2D eigenvalue weighted by Crippen LogP contribution is -1.98. The van der Waals surface area contributed by atoms with Crippen LogP contribution in [0.25, 0.3) is 44.1 Å². The smallest absolute Gasteiger partial charge is 0.0504 e. The van der Waals surface area contributed by atoms with Crippen LogP contribution >= 0.6 is 0 Å². The van der Waals surface area contributed by atoms with Crippen LogP contribution < -0.4 is 0 Å². The number of nitrogens with zero attached hydrogens (tertiary/aromatic N) is 1. The average molecular weight is 500 g/mol. The lowest BCUT2D eigenvalue weighted by Gasteiger charge is -2.11. The minimum Gasteiger partial charge on any atom is -0.340 e. The van der Waals surface area contributed by atoms with Gasteiger partial charge in [0.05, 0.1) is 21.6 Å². The quantitative estimate of drug-likeness (QED) is 0.234. The van der Waals surface area contributed by atoms with Gasteiger partial charge < -0.3 is 4.57 Å². The maximum atomic E-state index is 12.4. The third-order valence-corrected chi connectivity index (χ3v) is 8.57. The molecule has 0 spiro atoms. The fraction of sp³-hybridized carbons (Fsp3) is 0.200. The van der Waals surface area contributed by atoms with Gasteiger partial charge in [0.25, 0.3) is 0 Å². The van der Waals surface area contributed by atoms with Crippen LogP contribution in [0.15, 0.2) is 94.7 Å². The zero-order valence-corrected chi connectivity index (χ0v) is 21.9. The Labute approximate surface area is 211 Å². The number of aryl methyl sites for hydroxylation is 1. The highest BCUT2D eigenvalue weighted by molar-refractivity contribution is 7.84. The zero-order valence-electron chi connectivity index (χ0n) is 20.3. The Morgan fingerprint density at radius 3 is 1.54 bits per heavy atom. The number of aromatic nitrogens is 1. The van der Waals surface area contributed by atoms with Crippen molar-refractivity contribution < 1.29 is 8.42 Å². The molecule has 0 aliphatic carbocycles. The van der Waals surface area contributed by atoms with Crippen LogP contribution in [0.3, 0.4) is 0 Å². The second-order valence-electron chi connectivity index (χ2n) is 8.87. The summed E-state index contributed by atoms with van der Waals surface area (Å²) in [5, 5.41) is 2.43. The molecule has 0 N–H and O–H groups in total.